The van der Waals surface area contributed by atoms with Gasteiger partial charge in [0.25, 0.3) is 0 Å². The lowest BCUT2D eigenvalue weighted by Gasteiger charge is -2.17. The zero-order chi connectivity index (χ0) is 14.5. The molecule has 0 aliphatic carbocycles. The number of hydrogen-bond acceptors (Lipinski definition) is 3. The lowest BCUT2D eigenvalue weighted by molar-refractivity contribution is 0.463. The SMILES string of the molecule is C=CCCCN(C)S(=O)(=O)c1ccc(C#N)c(C)c1. The smallest absolute Gasteiger partial charge is 0.207 e. The Morgan fingerprint density at radius 2 is 2.16 bits per heavy atom. The van der Waals surface area contributed by atoms with Crippen molar-refractivity contribution in [1.29, 1.82) is 5.26 Å². The number of rotatable bonds is 6. The van der Waals surface area contributed by atoms with E-state index in [-0.39, 0.29) is 4.90 Å². The minimum atomic E-state index is -3.48. The van der Waals surface area contributed by atoms with E-state index in [1.54, 1.807) is 26.1 Å². The van der Waals surface area contributed by atoms with Crippen molar-refractivity contribution in [2.75, 3.05) is 13.6 Å². The van der Waals surface area contributed by atoms with Crippen molar-refractivity contribution in [3.8, 4) is 6.07 Å². The van der Waals surface area contributed by atoms with Crippen molar-refractivity contribution in [3.05, 3.63) is 42.0 Å². The van der Waals surface area contributed by atoms with Gasteiger partial charge in [0.15, 0.2) is 0 Å². The number of nitriles is 1. The van der Waals surface area contributed by atoms with Gasteiger partial charge in [-0.3, -0.25) is 0 Å². The largest absolute Gasteiger partial charge is 0.242 e. The normalized spacial score (nSPS) is 11.3. The highest BCUT2D eigenvalue weighted by molar-refractivity contribution is 7.89. The van der Waals surface area contributed by atoms with E-state index in [2.05, 4.69) is 6.58 Å². The average Bonchev–Trinajstić information content (AvgIpc) is 2.38. The van der Waals surface area contributed by atoms with Crippen LogP contribution in [0.2, 0.25) is 0 Å². The molecule has 0 saturated heterocycles. The summed E-state index contributed by atoms with van der Waals surface area (Å²) in [6, 6.07) is 6.58. The maximum atomic E-state index is 12.3. The average molecular weight is 278 g/mol. The van der Waals surface area contributed by atoms with Crippen LogP contribution in [0.15, 0.2) is 35.7 Å². The number of allylic oxidation sites excluding steroid dienone is 1. The molecule has 0 N–H and O–H groups in total. The second-order valence-corrected chi connectivity index (χ2v) is 6.39. The van der Waals surface area contributed by atoms with Crippen molar-refractivity contribution in [1.82, 2.24) is 4.31 Å². The third-order valence-electron chi connectivity index (χ3n) is 2.91. The van der Waals surface area contributed by atoms with E-state index in [1.807, 2.05) is 6.07 Å². The molecule has 0 radical (unpaired) electrons. The number of unbranched alkanes of at least 4 members (excludes halogenated alkanes) is 1. The molecule has 0 amide bonds. The Morgan fingerprint density at radius 3 is 2.68 bits per heavy atom. The Kier molecular flexibility index (Phi) is 5.28. The van der Waals surface area contributed by atoms with Crippen LogP contribution in [0.5, 0.6) is 0 Å². The summed E-state index contributed by atoms with van der Waals surface area (Å²) in [6.07, 6.45) is 3.30. The van der Waals surface area contributed by atoms with Crippen LogP contribution in [0.3, 0.4) is 0 Å². The molecule has 102 valence electrons. The summed E-state index contributed by atoms with van der Waals surface area (Å²) in [5.41, 5.74) is 1.16. The molecule has 1 rings (SSSR count). The fourth-order valence-electron chi connectivity index (χ4n) is 1.68. The summed E-state index contributed by atoms with van der Waals surface area (Å²) >= 11 is 0. The van der Waals surface area contributed by atoms with Gasteiger partial charge in [-0.1, -0.05) is 6.08 Å². The van der Waals surface area contributed by atoms with Crippen LogP contribution in [0.25, 0.3) is 0 Å². The van der Waals surface area contributed by atoms with Crippen LogP contribution in [-0.4, -0.2) is 26.3 Å². The van der Waals surface area contributed by atoms with Gasteiger partial charge in [0.1, 0.15) is 0 Å². The van der Waals surface area contributed by atoms with Crippen molar-refractivity contribution in [2.24, 2.45) is 0 Å². The van der Waals surface area contributed by atoms with E-state index in [0.29, 0.717) is 17.7 Å². The van der Waals surface area contributed by atoms with E-state index < -0.39 is 10.0 Å². The predicted octanol–water partition coefficient (Wildman–Crippen LogP) is 2.45. The Bertz CT molecular complexity index is 600. The quantitative estimate of drug-likeness (QED) is 0.593. The van der Waals surface area contributed by atoms with Gasteiger partial charge in [-0.2, -0.15) is 5.26 Å². The van der Waals surface area contributed by atoms with Crippen LogP contribution < -0.4 is 0 Å². The summed E-state index contributed by atoms with van der Waals surface area (Å²) in [7, 11) is -1.92. The fourth-order valence-corrected chi connectivity index (χ4v) is 2.98. The number of hydrogen-bond donors (Lipinski definition) is 0. The first-order chi connectivity index (χ1) is 8.93. The van der Waals surface area contributed by atoms with Gasteiger partial charge in [0.2, 0.25) is 10.0 Å². The van der Waals surface area contributed by atoms with Crippen molar-refractivity contribution in [3.63, 3.8) is 0 Å². The topological polar surface area (TPSA) is 61.2 Å². The molecule has 0 aromatic heterocycles. The second-order valence-electron chi connectivity index (χ2n) is 4.35. The van der Waals surface area contributed by atoms with Crippen LogP contribution in [0.4, 0.5) is 0 Å². The highest BCUT2D eigenvalue weighted by Gasteiger charge is 2.20. The maximum Gasteiger partial charge on any atom is 0.242 e. The lowest BCUT2D eigenvalue weighted by atomic mass is 10.1. The highest BCUT2D eigenvalue weighted by atomic mass is 32.2. The maximum absolute atomic E-state index is 12.3. The third-order valence-corrected chi connectivity index (χ3v) is 4.76. The number of sulfonamides is 1. The monoisotopic (exact) mass is 278 g/mol. The Morgan fingerprint density at radius 1 is 1.47 bits per heavy atom. The molecule has 0 aliphatic rings. The van der Waals surface area contributed by atoms with Crippen molar-refractivity contribution >= 4 is 10.0 Å². The molecule has 0 spiro atoms. The second kappa shape index (κ2) is 6.50. The zero-order valence-corrected chi connectivity index (χ0v) is 12.1. The van der Waals surface area contributed by atoms with Crippen LogP contribution in [0.1, 0.15) is 24.0 Å². The van der Waals surface area contributed by atoms with Crippen molar-refractivity contribution in [2.45, 2.75) is 24.7 Å². The van der Waals surface area contributed by atoms with Gasteiger partial charge >= 0.3 is 0 Å². The third kappa shape index (κ3) is 3.66. The van der Waals surface area contributed by atoms with Gasteiger partial charge in [-0.25, -0.2) is 12.7 Å². The summed E-state index contributed by atoms with van der Waals surface area (Å²) in [6.45, 7) is 5.79. The molecule has 0 heterocycles. The molecule has 5 heteroatoms. The van der Waals surface area contributed by atoms with Gasteiger partial charge < -0.3 is 0 Å². The zero-order valence-electron chi connectivity index (χ0n) is 11.3. The summed E-state index contributed by atoms with van der Waals surface area (Å²) in [4.78, 5) is 0.227. The predicted molar refractivity (Wildman–Crippen MR) is 75.1 cm³/mol. The highest BCUT2D eigenvalue weighted by Crippen LogP contribution is 2.18. The van der Waals surface area contributed by atoms with Crippen LogP contribution >= 0.6 is 0 Å². The first-order valence-corrected chi connectivity index (χ1v) is 7.45. The molecule has 4 nitrogen and oxygen atoms in total. The molecular weight excluding hydrogens is 260 g/mol. The lowest BCUT2D eigenvalue weighted by Crippen LogP contribution is -2.28. The summed E-state index contributed by atoms with van der Waals surface area (Å²) < 4.78 is 25.9. The first-order valence-electron chi connectivity index (χ1n) is 6.01. The Balaban J connectivity index is 2.97. The van der Waals surface area contributed by atoms with Gasteiger partial charge in [-0.15, -0.1) is 6.58 Å². The van der Waals surface area contributed by atoms with Crippen LogP contribution in [-0.2, 0) is 10.0 Å². The van der Waals surface area contributed by atoms with E-state index in [1.165, 1.54) is 16.4 Å². The van der Waals surface area contributed by atoms with Gasteiger partial charge in [-0.05, 0) is 43.5 Å². The molecule has 0 saturated carbocycles. The molecule has 0 atom stereocenters. The Labute approximate surface area is 115 Å². The number of benzene rings is 1. The molecular formula is C14H18N2O2S. The van der Waals surface area contributed by atoms with E-state index in [9.17, 15) is 8.42 Å². The molecule has 0 unspecified atom stereocenters. The number of aryl methyl sites for hydroxylation is 1. The van der Waals surface area contributed by atoms with E-state index in [4.69, 9.17) is 5.26 Å². The fraction of sp³-hybridized carbons (Fsp3) is 0.357. The van der Waals surface area contributed by atoms with Crippen LogP contribution in [0, 0.1) is 18.3 Å². The van der Waals surface area contributed by atoms with Gasteiger partial charge in [0, 0.05) is 13.6 Å². The minimum Gasteiger partial charge on any atom is -0.207 e. The standard InChI is InChI=1S/C14H18N2O2S/c1-4-5-6-9-16(3)19(17,18)14-8-7-13(11-15)12(2)10-14/h4,7-8,10H,1,5-6,9H2,2-3H3. The molecule has 0 aliphatic heterocycles. The summed E-state index contributed by atoms with van der Waals surface area (Å²) in [5.74, 6) is 0. The minimum absolute atomic E-state index is 0.227. The molecule has 1 aromatic carbocycles. The molecule has 1 aromatic rings. The van der Waals surface area contributed by atoms with Gasteiger partial charge in [0.05, 0.1) is 16.5 Å². The van der Waals surface area contributed by atoms with E-state index in [0.717, 1.165) is 12.8 Å². The first kappa shape index (κ1) is 15.4. The number of nitrogens with zero attached hydrogens (tertiary/aromatic N) is 2. The molecule has 0 fully saturated rings. The summed E-state index contributed by atoms with van der Waals surface area (Å²) in [5, 5.41) is 8.85. The van der Waals surface area contributed by atoms with Crippen molar-refractivity contribution < 1.29 is 8.42 Å². The molecule has 0 bridgehead atoms. The Hall–Kier alpha value is -1.64. The van der Waals surface area contributed by atoms with E-state index >= 15 is 0 Å². The molecule has 19 heavy (non-hydrogen) atoms.